The molecular formula is C16H16Cl2FN. The summed E-state index contributed by atoms with van der Waals surface area (Å²) < 4.78 is 14.2. The molecule has 0 aliphatic heterocycles. The first-order valence-electron chi connectivity index (χ1n) is 6.47. The van der Waals surface area contributed by atoms with Gasteiger partial charge in [0.05, 0.1) is 6.04 Å². The Kier molecular flexibility index (Phi) is 5.03. The monoisotopic (exact) mass is 311 g/mol. The summed E-state index contributed by atoms with van der Waals surface area (Å²) in [6, 6.07) is 10.2. The number of benzene rings is 2. The predicted molar refractivity (Wildman–Crippen MR) is 83.1 cm³/mol. The molecule has 0 aliphatic carbocycles. The molecule has 0 amide bonds. The molecule has 0 radical (unpaired) electrons. The van der Waals surface area contributed by atoms with Gasteiger partial charge in [-0.1, -0.05) is 42.3 Å². The fourth-order valence-corrected chi connectivity index (χ4v) is 2.68. The number of hydrogen-bond acceptors (Lipinski definition) is 1. The van der Waals surface area contributed by atoms with E-state index in [1.165, 1.54) is 6.07 Å². The van der Waals surface area contributed by atoms with Crippen molar-refractivity contribution >= 4 is 23.2 Å². The molecule has 0 aromatic heterocycles. The summed E-state index contributed by atoms with van der Waals surface area (Å²) in [5, 5.41) is 4.39. The molecular weight excluding hydrogens is 296 g/mol. The maximum Gasteiger partial charge on any atom is 0.129 e. The van der Waals surface area contributed by atoms with E-state index in [0.29, 0.717) is 15.6 Å². The van der Waals surface area contributed by atoms with E-state index in [9.17, 15) is 4.39 Å². The van der Waals surface area contributed by atoms with Crippen LogP contribution >= 0.6 is 23.2 Å². The maximum absolute atomic E-state index is 14.2. The molecule has 0 aliphatic rings. The van der Waals surface area contributed by atoms with Crippen molar-refractivity contribution in [3.63, 3.8) is 0 Å². The summed E-state index contributed by atoms with van der Waals surface area (Å²) >= 11 is 11.8. The van der Waals surface area contributed by atoms with E-state index in [0.717, 1.165) is 17.7 Å². The van der Waals surface area contributed by atoms with Crippen molar-refractivity contribution in [2.75, 3.05) is 6.54 Å². The summed E-state index contributed by atoms with van der Waals surface area (Å²) in [5.41, 5.74) is 2.62. The van der Waals surface area contributed by atoms with Gasteiger partial charge in [0, 0.05) is 15.6 Å². The van der Waals surface area contributed by atoms with Crippen LogP contribution in [-0.4, -0.2) is 6.54 Å². The van der Waals surface area contributed by atoms with Crippen LogP contribution in [0.15, 0.2) is 36.4 Å². The van der Waals surface area contributed by atoms with Gasteiger partial charge in [-0.05, 0) is 48.9 Å². The van der Waals surface area contributed by atoms with Crippen LogP contribution in [0.2, 0.25) is 10.0 Å². The third-order valence-electron chi connectivity index (χ3n) is 3.22. The number of nitrogens with one attached hydrogen (secondary N) is 1. The number of aryl methyl sites for hydroxylation is 1. The van der Waals surface area contributed by atoms with Gasteiger partial charge in [0.2, 0.25) is 0 Å². The number of hydrogen-bond donors (Lipinski definition) is 1. The fraction of sp³-hybridized carbons (Fsp3) is 0.250. The first-order valence-corrected chi connectivity index (χ1v) is 7.23. The van der Waals surface area contributed by atoms with E-state index in [1.807, 2.05) is 32.0 Å². The Morgan fingerprint density at radius 1 is 1.05 bits per heavy atom. The Labute approximate surface area is 128 Å². The lowest BCUT2D eigenvalue weighted by Crippen LogP contribution is -2.23. The number of rotatable bonds is 4. The minimum Gasteiger partial charge on any atom is -0.306 e. The van der Waals surface area contributed by atoms with E-state index in [-0.39, 0.29) is 11.9 Å². The molecule has 1 nitrogen and oxygen atoms in total. The zero-order chi connectivity index (χ0) is 14.7. The highest BCUT2D eigenvalue weighted by Gasteiger charge is 2.19. The normalized spacial score (nSPS) is 12.4. The summed E-state index contributed by atoms with van der Waals surface area (Å²) in [4.78, 5) is 0. The maximum atomic E-state index is 14.2. The summed E-state index contributed by atoms with van der Waals surface area (Å²) in [5.74, 6) is -0.308. The smallest absolute Gasteiger partial charge is 0.129 e. The third kappa shape index (κ3) is 3.32. The Morgan fingerprint density at radius 3 is 2.20 bits per heavy atom. The zero-order valence-corrected chi connectivity index (χ0v) is 12.9. The molecule has 0 bridgehead atoms. The second-order valence-electron chi connectivity index (χ2n) is 4.66. The predicted octanol–water partition coefficient (Wildman–Crippen LogP) is 5.14. The van der Waals surface area contributed by atoms with Crippen molar-refractivity contribution in [1.29, 1.82) is 0 Å². The molecule has 0 saturated carbocycles. The van der Waals surface area contributed by atoms with Crippen molar-refractivity contribution in [1.82, 2.24) is 5.32 Å². The standard InChI is InChI=1S/C16H16Cl2FN/c1-3-20-16(13-6-4-11(17)8-10(13)2)14-7-5-12(18)9-15(14)19/h4-9,16,20H,3H2,1-2H3. The largest absolute Gasteiger partial charge is 0.306 e. The van der Waals surface area contributed by atoms with Gasteiger partial charge < -0.3 is 5.32 Å². The van der Waals surface area contributed by atoms with Gasteiger partial charge in [0.25, 0.3) is 0 Å². The van der Waals surface area contributed by atoms with E-state index in [1.54, 1.807) is 12.1 Å². The van der Waals surface area contributed by atoms with E-state index < -0.39 is 0 Å². The quantitative estimate of drug-likeness (QED) is 0.824. The Hall–Kier alpha value is -1.09. The molecule has 4 heteroatoms. The molecule has 20 heavy (non-hydrogen) atoms. The third-order valence-corrected chi connectivity index (χ3v) is 3.69. The Morgan fingerprint density at radius 2 is 1.65 bits per heavy atom. The van der Waals surface area contributed by atoms with Crippen LogP contribution in [0.5, 0.6) is 0 Å². The highest BCUT2D eigenvalue weighted by Crippen LogP contribution is 2.29. The molecule has 2 rings (SSSR count). The topological polar surface area (TPSA) is 12.0 Å². The SMILES string of the molecule is CCNC(c1ccc(Cl)cc1C)c1ccc(Cl)cc1F. The Balaban J connectivity index is 2.50. The van der Waals surface area contributed by atoms with Crippen LogP contribution in [0.25, 0.3) is 0 Å². The first-order chi connectivity index (χ1) is 9.52. The van der Waals surface area contributed by atoms with Crippen molar-refractivity contribution in [3.8, 4) is 0 Å². The molecule has 1 unspecified atom stereocenters. The second kappa shape index (κ2) is 6.57. The van der Waals surface area contributed by atoms with Gasteiger partial charge in [-0.3, -0.25) is 0 Å². The van der Waals surface area contributed by atoms with Crippen molar-refractivity contribution in [2.45, 2.75) is 19.9 Å². The van der Waals surface area contributed by atoms with E-state index in [2.05, 4.69) is 5.32 Å². The Bertz CT molecular complexity index is 562. The van der Waals surface area contributed by atoms with Crippen LogP contribution in [0.4, 0.5) is 4.39 Å². The second-order valence-corrected chi connectivity index (χ2v) is 5.53. The molecule has 0 heterocycles. The lowest BCUT2D eigenvalue weighted by atomic mass is 9.94. The lowest BCUT2D eigenvalue weighted by Gasteiger charge is -2.21. The minimum atomic E-state index is -0.308. The summed E-state index contributed by atoms with van der Waals surface area (Å²) in [6.45, 7) is 4.69. The van der Waals surface area contributed by atoms with E-state index >= 15 is 0 Å². The van der Waals surface area contributed by atoms with Gasteiger partial charge in [0.15, 0.2) is 0 Å². The van der Waals surface area contributed by atoms with Gasteiger partial charge in [-0.2, -0.15) is 0 Å². The van der Waals surface area contributed by atoms with Crippen LogP contribution in [0.3, 0.4) is 0 Å². The van der Waals surface area contributed by atoms with Crippen molar-refractivity contribution in [3.05, 3.63) is 69.0 Å². The van der Waals surface area contributed by atoms with Crippen LogP contribution in [0.1, 0.15) is 29.7 Å². The van der Waals surface area contributed by atoms with Gasteiger partial charge in [-0.15, -0.1) is 0 Å². The molecule has 0 fully saturated rings. The van der Waals surface area contributed by atoms with Crippen molar-refractivity contribution < 1.29 is 4.39 Å². The summed E-state index contributed by atoms with van der Waals surface area (Å²) in [6.07, 6.45) is 0. The molecule has 0 saturated heterocycles. The first kappa shape index (κ1) is 15.3. The van der Waals surface area contributed by atoms with Gasteiger partial charge in [0.1, 0.15) is 5.82 Å². The van der Waals surface area contributed by atoms with E-state index in [4.69, 9.17) is 23.2 Å². The molecule has 2 aromatic rings. The molecule has 1 atom stereocenters. The average molecular weight is 312 g/mol. The highest BCUT2D eigenvalue weighted by atomic mass is 35.5. The highest BCUT2D eigenvalue weighted by molar-refractivity contribution is 6.30. The fourth-order valence-electron chi connectivity index (χ4n) is 2.29. The molecule has 106 valence electrons. The molecule has 1 N–H and O–H groups in total. The van der Waals surface area contributed by atoms with Crippen LogP contribution < -0.4 is 5.32 Å². The molecule has 2 aromatic carbocycles. The van der Waals surface area contributed by atoms with Crippen LogP contribution in [-0.2, 0) is 0 Å². The van der Waals surface area contributed by atoms with Gasteiger partial charge in [-0.25, -0.2) is 4.39 Å². The average Bonchev–Trinajstić information content (AvgIpc) is 2.37. The molecule has 0 spiro atoms. The lowest BCUT2D eigenvalue weighted by molar-refractivity contribution is 0.558. The summed E-state index contributed by atoms with van der Waals surface area (Å²) in [7, 11) is 0. The van der Waals surface area contributed by atoms with Gasteiger partial charge >= 0.3 is 0 Å². The van der Waals surface area contributed by atoms with Crippen molar-refractivity contribution in [2.24, 2.45) is 0 Å². The van der Waals surface area contributed by atoms with Crippen LogP contribution in [0, 0.1) is 12.7 Å². The number of halogens is 3. The zero-order valence-electron chi connectivity index (χ0n) is 11.4. The minimum absolute atomic E-state index is 0.213.